The number of aromatic nitrogens is 2. The lowest BCUT2D eigenvalue weighted by Gasteiger charge is -2.10. The van der Waals surface area contributed by atoms with E-state index in [-0.39, 0.29) is 11.3 Å². The van der Waals surface area contributed by atoms with E-state index in [2.05, 4.69) is 15.5 Å². The van der Waals surface area contributed by atoms with Crippen LogP contribution in [0.15, 0.2) is 48.5 Å². The van der Waals surface area contributed by atoms with Crippen molar-refractivity contribution in [3.05, 3.63) is 70.4 Å². The van der Waals surface area contributed by atoms with Crippen molar-refractivity contribution in [2.45, 2.75) is 13.1 Å². The summed E-state index contributed by atoms with van der Waals surface area (Å²) in [6, 6.07) is 11.1. The molecule has 1 aromatic heterocycles. The first kappa shape index (κ1) is 18.0. The number of benzene rings is 2. The third kappa shape index (κ3) is 3.72. The quantitative estimate of drug-likeness (QED) is 0.648. The van der Waals surface area contributed by atoms with Gasteiger partial charge in [0.15, 0.2) is 0 Å². The van der Waals surface area contributed by atoms with Crippen molar-refractivity contribution in [1.29, 1.82) is 0 Å². The summed E-state index contributed by atoms with van der Waals surface area (Å²) in [7, 11) is 0. The number of nitrogens with one attached hydrogen (secondary N) is 2. The number of nitrogens with zero attached hydrogens (tertiary/aromatic N) is 1. The molecule has 0 atom stereocenters. The van der Waals surface area contributed by atoms with Gasteiger partial charge in [0.25, 0.3) is 5.91 Å². The maximum Gasteiger partial charge on any atom is 0.416 e. The Kier molecular flexibility index (Phi) is 4.73. The van der Waals surface area contributed by atoms with Crippen molar-refractivity contribution in [2.75, 3.05) is 5.32 Å². The second kappa shape index (κ2) is 6.84. The minimum Gasteiger partial charge on any atom is -0.319 e. The summed E-state index contributed by atoms with van der Waals surface area (Å²) in [6.45, 7) is 1.66. The predicted molar refractivity (Wildman–Crippen MR) is 93.2 cm³/mol. The van der Waals surface area contributed by atoms with Crippen LogP contribution in [0.3, 0.4) is 0 Å². The Morgan fingerprint density at radius 3 is 2.58 bits per heavy atom. The van der Waals surface area contributed by atoms with E-state index in [0.29, 0.717) is 22.0 Å². The third-order valence-electron chi connectivity index (χ3n) is 3.74. The molecule has 1 amide bonds. The van der Waals surface area contributed by atoms with E-state index in [1.54, 1.807) is 25.1 Å². The number of aryl methyl sites for hydroxylation is 1. The molecule has 3 aromatic rings. The lowest BCUT2D eigenvalue weighted by atomic mass is 10.1. The van der Waals surface area contributed by atoms with Crippen LogP contribution in [-0.4, -0.2) is 16.1 Å². The van der Waals surface area contributed by atoms with Crippen molar-refractivity contribution in [2.24, 2.45) is 0 Å². The molecule has 0 bridgehead atoms. The topological polar surface area (TPSA) is 57.8 Å². The summed E-state index contributed by atoms with van der Waals surface area (Å²) >= 11 is 5.88. The van der Waals surface area contributed by atoms with E-state index < -0.39 is 17.6 Å². The van der Waals surface area contributed by atoms with E-state index in [0.717, 1.165) is 12.1 Å². The van der Waals surface area contributed by atoms with Crippen molar-refractivity contribution < 1.29 is 18.0 Å². The van der Waals surface area contributed by atoms with Crippen LogP contribution in [0.1, 0.15) is 21.6 Å². The molecule has 0 spiro atoms. The molecule has 4 nitrogen and oxygen atoms in total. The van der Waals surface area contributed by atoms with Crippen LogP contribution in [-0.2, 0) is 6.18 Å². The molecule has 0 aliphatic heterocycles. The van der Waals surface area contributed by atoms with E-state index in [4.69, 9.17) is 11.6 Å². The zero-order valence-corrected chi connectivity index (χ0v) is 14.2. The van der Waals surface area contributed by atoms with Crippen LogP contribution < -0.4 is 5.32 Å². The average Bonchev–Trinajstić information content (AvgIpc) is 2.95. The van der Waals surface area contributed by atoms with Crippen LogP contribution in [0.25, 0.3) is 11.3 Å². The maximum absolute atomic E-state index is 12.9. The van der Waals surface area contributed by atoms with Crippen LogP contribution in [0.4, 0.5) is 18.9 Å². The molecule has 0 fully saturated rings. The first-order valence-corrected chi connectivity index (χ1v) is 7.93. The lowest BCUT2D eigenvalue weighted by molar-refractivity contribution is -0.137. The van der Waals surface area contributed by atoms with Crippen molar-refractivity contribution in [1.82, 2.24) is 10.2 Å². The molecule has 0 saturated carbocycles. The van der Waals surface area contributed by atoms with E-state index in [1.165, 1.54) is 18.2 Å². The van der Waals surface area contributed by atoms with Gasteiger partial charge >= 0.3 is 6.18 Å². The third-order valence-corrected chi connectivity index (χ3v) is 3.97. The molecule has 8 heteroatoms. The highest BCUT2D eigenvalue weighted by molar-refractivity contribution is 6.31. The molecule has 0 aliphatic carbocycles. The van der Waals surface area contributed by atoms with Gasteiger partial charge in [-0.3, -0.25) is 9.89 Å². The fourth-order valence-electron chi connectivity index (χ4n) is 2.45. The summed E-state index contributed by atoms with van der Waals surface area (Å²) in [4.78, 5) is 12.4. The minimum atomic E-state index is -4.47. The van der Waals surface area contributed by atoms with Gasteiger partial charge in [-0.2, -0.15) is 18.3 Å². The Labute approximate surface area is 152 Å². The molecular formula is C18H13ClF3N3O. The molecule has 2 N–H and O–H groups in total. The standard InChI is InChI=1S/C18H13ClF3N3O/c1-10-15(23-17(26)12-5-3-7-14(19)9-12)16(25-24-10)11-4-2-6-13(8-11)18(20,21)22/h2-9H,1H3,(H,23,26)(H,24,25). The van der Waals surface area contributed by atoms with Crippen LogP contribution in [0, 0.1) is 6.92 Å². The summed E-state index contributed by atoms with van der Waals surface area (Å²) in [5.74, 6) is -0.440. The second-order valence-electron chi connectivity index (χ2n) is 5.62. The van der Waals surface area contributed by atoms with Gasteiger partial charge in [-0.05, 0) is 37.3 Å². The van der Waals surface area contributed by atoms with Gasteiger partial charge in [-0.15, -0.1) is 0 Å². The van der Waals surface area contributed by atoms with Gasteiger partial charge in [0.2, 0.25) is 0 Å². The summed E-state index contributed by atoms with van der Waals surface area (Å²) in [5.41, 5.74) is 0.840. The molecule has 0 unspecified atom stereocenters. The number of alkyl halides is 3. The van der Waals surface area contributed by atoms with Gasteiger partial charge in [0, 0.05) is 16.1 Å². The van der Waals surface area contributed by atoms with Gasteiger partial charge in [-0.25, -0.2) is 0 Å². The number of amides is 1. The first-order valence-electron chi connectivity index (χ1n) is 7.55. The molecule has 26 heavy (non-hydrogen) atoms. The van der Waals surface area contributed by atoms with Crippen LogP contribution >= 0.6 is 11.6 Å². The van der Waals surface area contributed by atoms with Gasteiger partial charge in [-0.1, -0.05) is 29.8 Å². The Hall–Kier alpha value is -2.80. The highest BCUT2D eigenvalue weighted by Crippen LogP contribution is 2.34. The van der Waals surface area contributed by atoms with E-state index >= 15 is 0 Å². The SMILES string of the molecule is Cc1[nH]nc(-c2cccc(C(F)(F)F)c2)c1NC(=O)c1cccc(Cl)c1. The zero-order chi connectivity index (χ0) is 18.9. The first-order chi connectivity index (χ1) is 12.3. The molecule has 2 aromatic carbocycles. The molecule has 0 saturated heterocycles. The maximum atomic E-state index is 12.9. The number of rotatable bonds is 3. The monoisotopic (exact) mass is 379 g/mol. The molecule has 3 rings (SSSR count). The van der Waals surface area contributed by atoms with Gasteiger partial charge in [0.1, 0.15) is 5.69 Å². The number of hydrogen-bond donors (Lipinski definition) is 2. The normalized spacial score (nSPS) is 11.4. The van der Waals surface area contributed by atoms with Gasteiger partial charge < -0.3 is 5.32 Å². The minimum absolute atomic E-state index is 0.226. The van der Waals surface area contributed by atoms with Crippen molar-refractivity contribution >= 4 is 23.2 Å². The van der Waals surface area contributed by atoms with E-state index in [1.807, 2.05) is 0 Å². The Balaban J connectivity index is 1.96. The van der Waals surface area contributed by atoms with Crippen LogP contribution in [0.2, 0.25) is 5.02 Å². The highest BCUT2D eigenvalue weighted by atomic mass is 35.5. The Morgan fingerprint density at radius 2 is 1.88 bits per heavy atom. The predicted octanol–water partition coefficient (Wildman–Crippen LogP) is 5.31. The van der Waals surface area contributed by atoms with Crippen molar-refractivity contribution in [3.63, 3.8) is 0 Å². The number of carbonyl (C=O) groups is 1. The molecular weight excluding hydrogens is 367 g/mol. The fraction of sp³-hybridized carbons (Fsp3) is 0.111. The number of H-pyrrole nitrogens is 1. The number of halogens is 4. The highest BCUT2D eigenvalue weighted by Gasteiger charge is 2.31. The number of hydrogen-bond acceptors (Lipinski definition) is 2. The van der Waals surface area contributed by atoms with E-state index in [9.17, 15) is 18.0 Å². The molecule has 0 radical (unpaired) electrons. The van der Waals surface area contributed by atoms with Crippen molar-refractivity contribution in [3.8, 4) is 11.3 Å². The summed E-state index contributed by atoms with van der Waals surface area (Å²) in [6.07, 6.45) is -4.47. The largest absolute Gasteiger partial charge is 0.416 e. The summed E-state index contributed by atoms with van der Waals surface area (Å²) in [5, 5.41) is 9.82. The number of aromatic amines is 1. The average molecular weight is 380 g/mol. The molecule has 134 valence electrons. The van der Waals surface area contributed by atoms with Gasteiger partial charge in [0.05, 0.1) is 16.9 Å². The zero-order valence-electron chi connectivity index (χ0n) is 13.5. The number of anilines is 1. The Morgan fingerprint density at radius 1 is 1.15 bits per heavy atom. The fourth-order valence-corrected chi connectivity index (χ4v) is 2.64. The van der Waals surface area contributed by atoms with Crippen LogP contribution in [0.5, 0.6) is 0 Å². The Bertz CT molecular complexity index is 966. The molecule has 0 aliphatic rings. The number of carbonyl (C=O) groups excluding carboxylic acids is 1. The summed E-state index contributed by atoms with van der Waals surface area (Å²) < 4.78 is 38.8. The lowest BCUT2D eigenvalue weighted by Crippen LogP contribution is -2.13. The molecule has 1 heterocycles. The second-order valence-corrected chi connectivity index (χ2v) is 6.05. The smallest absolute Gasteiger partial charge is 0.319 e.